The normalized spacial score (nSPS) is 11.7. The Morgan fingerprint density at radius 1 is 1.00 bits per heavy atom. The van der Waals surface area contributed by atoms with Crippen LogP contribution >= 0.6 is 0 Å². The Morgan fingerprint density at radius 3 is 2.29 bits per heavy atom. The number of esters is 1. The lowest BCUT2D eigenvalue weighted by atomic mass is 10.1. The SMILES string of the molecule is CCOc1ccc(C(=O)[C@@H](C)OC(=O)/C=C/c2ccc(OC)c(OC)c2)cc1. The number of hydrogen-bond acceptors (Lipinski definition) is 6. The number of carbonyl (C=O) groups excluding carboxylic acids is 2. The van der Waals surface area contributed by atoms with Crippen molar-refractivity contribution in [1.82, 2.24) is 0 Å². The van der Waals surface area contributed by atoms with Crippen LogP contribution in [0.2, 0.25) is 0 Å². The van der Waals surface area contributed by atoms with Gasteiger partial charge in [-0.05, 0) is 61.9 Å². The Morgan fingerprint density at radius 2 is 1.68 bits per heavy atom. The molecule has 0 spiro atoms. The highest BCUT2D eigenvalue weighted by Gasteiger charge is 2.18. The molecule has 0 aliphatic heterocycles. The van der Waals surface area contributed by atoms with Crippen molar-refractivity contribution in [1.29, 1.82) is 0 Å². The number of carbonyl (C=O) groups is 2. The molecule has 0 aromatic heterocycles. The summed E-state index contributed by atoms with van der Waals surface area (Å²) in [5.41, 5.74) is 1.19. The first-order chi connectivity index (χ1) is 13.5. The van der Waals surface area contributed by atoms with E-state index in [-0.39, 0.29) is 5.78 Å². The lowest BCUT2D eigenvalue weighted by Crippen LogP contribution is -2.23. The van der Waals surface area contributed by atoms with Gasteiger partial charge in [0.05, 0.1) is 20.8 Å². The average molecular weight is 384 g/mol. The van der Waals surface area contributed by atoms with Gasteiger partial charge in [-0.1, -0.05) is 6.07 Å². The molecule has 0 radical (unpaired) electrons. The zero-order valence-electron chi connectivity index (χ0n) is 16.4. The summed E-state index contributed by atoms with van der Waals surface area (Å²) in [6, 6.07) is 12.0. The molecular formula is C22H24O6. The van der Waals surface area contributed by atoms with Gasteiger partial charge in [0.1, 0.15) is 5.75 Å². The summed E-state index contributed by atoms with van der Waals surface area (Å²) in [6.45, 7) is 3.98. The molecule has 2 aromatic carbocycles. The minimum absolute atomic E-state index is 0.282. The fourth-order valence-electron chi connectivity index (χ4n) is 2.50. The van der Waals surface area contributed by atoms with Gasteiger partial charge in [-0.2, -0.15) is 0 Å². The van der Waals surface area contributed by atoms with Crippen LogP contribution < -0.4 is 14.2 Å². The van der Waals surface area contributed by atoms with Gasteiger partial charge in [0.2, 0.25) is 5.78 Å². The third-order valence-electron chi connectivity index (χ3n) is 3.93. The second-order valence-corrected chi connectivity index (χ2v) is 5.85. The molecule has 2 rings (SSSR count). The van der Waals surface area contributed by atoms with Crippen LogP contribution in [0.4, 0.5) is 0 Å². The van der Waals surface area contributed by atoms with Crippen LogP contribution in [0, 0.1) is 0 Å². The number of rotatable bonds is 9. The Kier molecular flexibility index (Phi) is 7.63. The van der Waals surface area contributed by atoms with Gasteiger partial charge < -0.3 is 18.9 Å². The van der Waals surface area contributed by atoms with Crippen LogP contribution in [0.3, 0.4) is 0 Å². The maximum atomic E-state index is 12.4. The summed E-state index contributed by atoms with van der Waals surface area (Å²) in [7, 11) is 3.08. The molecule has 0 fully saturated rings. The molecule has 0 saturated heterocycles. The minimum atomic E-state index is -0.902. The van der Waals surface area contributed by atoms with E-state index in [1.165, 1.54) is 13.2 Å². The summed E-state index contributed by atoms with van der Waals surface area (Å²) >= 11 is 0. The average Bonchev–Trinajstić information content (AvgIpc) is 2.72. The van der Waals surface area contributed by atoms with Crippen LogP contribution in [0.5, 0.6) is 17.2 Å². The Hall–Kier alpha value is -3.28. The number of hydrogen-bond donors (Lipinski definition) is 0. The van der Waals surface area contributed by atoms with Gasteiger partial charge in [-0.25, -0.2) is 4.79 Å². The summed E-state index contributed by atoms with van der Waals surface area (Å²) < 4.78 is 20.9. The molecule has 6 nitrogen and oxygen atoms in total. The Balaban J connectivity index is 1.97. The van der Waals surface area contributed by atoms with Gasteiger partial charge >= 0.3 is 5.97 Å². The van der Waals surface area contributed by atoms with E-state index < -0.39 is 12.1 Å². The lowest BCUT2D eigenvalue weighted by Gasteiger charge is -2.11. The second-order valence-electron chi connectivity index (χ2n) is 5.85. The van der Waals surface area contributed by atoms with Crippen molar-refractivity contribution in [2.75, 3.05) is 20.8 Å². The molecule has 2 aromatic rings. The van der Waals surface area contributed by atoms with E-state index in [1.807, 2.05) is 6.92 Å². The van der Waals surface area contributed by atoms with Crippen molar-refractivity contribution in [3.8, 4) is 17.2 Å². The zero-order chi connectivity index (χ0) is 20.5. The highest BCUT2D eigenvalue weighted by Crippen LogP contribution is 2.28. The van der Waals surface area contributed by atoms with Crippen molar-refractivity contribution in [3.63, 3.8) is 0 Å². The van der Waals surface area contributed by atoms with Gasteiger partial charge in [-0.3, -0.25) is 4.79 Å². The van der Waals surface area contributed by atoms with E-state index in [0.29, 0.717) is 29.4 Å². The minimum Gasteiger partial charge on any atom is -0.494 e. The van der Waals surface area contributed by atoms with Gasteiger partial charge in [0.25, 0.3) is 0 Å². The monoisotopic (exact) mass is 384 g/mol. The van der Waals surface area contributed by atoms with E-state index in [2.05, 4.69) is 0 Å². The second kappa shape index (κ2) is 10.2. The number of ketones is 1. The first-order valence-electron chi connectivity index (χ1n) is 8.86. The van der Waals surface area contributed by atoms with Crippen LogP contribution in [0.25, 0.3) is 6.08 Å². The van der Waals surface area contributed by atoms with Crippen LogP contribution in [0.1, 0.15) is 29.8 Å². The summed E-state index contributed by atoms with van der Waals surface area (Å²) in [5.74, 6) is 0.938. The van der Waals surface area contributed by atoms with E-state index >= 15 is 0 Å². The molecule has 148 valence electrons. The zero-order valence-corrected chi connectivity index (χ0v) is 16.4. The van der Waals surface area contributed by atoms with Gasteiger partial charge in [0, 0.05) is 11.6 Å². The first kappa shape index (κ1) is 21.0. The molecule has 0 aliphatic rings. The molecule has 0 unspecified atom stereocenters. The van der Waals surface area contributed by atoms with Gasteiger partial charge in [-0.15, -0.1) is 0 Å². The van der Waals surface area contributed by atoms with E-state index in [1.54, 1.807) is 62.6 Å². The highest BCUT2D eigenvalue weighted by molar-refractivity contribution is 6.01. The fraction of sp³-hybridized carbons (Fsp3) is 0.273. The van der Waals surface area contributed by atoms with Crippen molar-refractivity contribution >= 4 is 17.8 Å². The molecule has 0 bridgehead atoms. The maximum absolute atomic E-state index is 12.4. The molecule has 6 heteroatoms. The summed E-state index contributed by atoms with van der Waals surface area (Å²) in [4.78, 5) is 24.4. The van der Waals surface area contributed by atoms with Crippen molar-refractivity contribution in [2.24, 2.45) is 0 Å². The predicted molar refractivity (Wildman–Crippen MR) is 106 cm³/mol. The Labute approximate surface area is 164 Å². The molecule has 1 atom stereocenters. The molecular weight excluding hydrogens is 360 g/mol. The van der Waals surface area contributed by atoms with E-state index in [9.17, 15) is 9.59 Å². The number of benzene rings is 2. The highest BCUT2D eigenvalue weighted by atomic mass is 16.5. The number of methoxy groups -OCH3 is 2. The van der Waals surface area contributed by atoms with Crippen molar-refractivity contribution < 1.29 is 28.5 Å². The largest absolute Gasteiger partial charge is 0.494 e. The quantitative estimate of drug-likeness (QED) is 0.371. The maximum Gasteiger partial charge on any atom is 0.331 e. The predicted octanol–water partition coefficient (Wildman–Crippen LogP) is 3.93. The molecule has 28 heavy (non-hydrogen) atoms. The van der Waals surface area contributed by atoms with Crippen LogP contribution in [-0.4, -0.2) is 38.7 Å². The number of ether oxygens (including phenoxy) is 4. The van der Waals surface area contributed by atoms with Gasteiger partial charge in [0.15, 0.2) is 17.6 Å². The smallest absolute Gasteiger partial charge is 0.331 e. The topological polar surface area (TPSA) is 71.1 Å². The van der Waals surface area contributed by atoms with E-state index in [0.717, 1.165) is 5.56 Å². The third kappa shape index (κ3) is 5.61. The first-order valence-corrected chi connectivity index (χ1v) is 8.86. The third-order valence-corrected chi connectivity index (χ3v) is 3.93. The molecule has 0 heterocycles. The van der Waals surface area contributed by atoms with Crippen LogP contribution in [-0.2, 0) is 9.53 Å². The van der Waals surface area contributed by atoms with Crippen molar-refractivity contribution in [3.05, 3.63) is 59.7 Å². The molecule has 0 amide bonds. The fourth-order valence-corrected chi connectivity index (χ4v) is 2.50. The summed E-state index contributed by atoms with van der Waals surface area (Å²) in [6.07, 6.45) is 1.95. The Bertz CT molecular complexity index is 839. The lowest BCUT2D eigenvalue weighted by molar-refractivity contribution is -0.140. The van der Waals surface area contributed by atoms with Crippen LogP contribution in [0.15, 0.2) is 48.5 Å². The van der Waals surface area contributed by atoms with Crippen molar-refractivity contribution in [2.45, 2.75) is 20.0 Å². The standard InChI is InChI=1S/C22H24O6/c1-5-27-18-10-8-17(9-11-18)22(24)15(2)28-21(23)13-7-16-6-12-19(25-3)20(14-16)26-4/h6-15H,5H2,1-4H3/b13-7+/t15-/m1/s1. The number of Topliss-reactive ketones (excluding diaryl/α,β-unsaturated/α-hetero) is 1. The molecule has 0 saturated carbocycles. The molecule has 0 N–H and O–H groups in total. The molecule has 0 aliphatic carbocycles. The van der Waals surface area contributed by atoms with E-state index in [4.69, 9.17) is 18.9 Å². The summed E-state index contributed by atoms with van der Waals surface area (Å²) in [5, 5.41) is 0.